The number of hydrogen-bond donors (Lipinski definition) is 0. The zero-order valence-corrected chi connectivity index (χ0v) is 43.0. The van der Waals surface area contributed by atoms with Crippen LogP contribution in [0.3, 0.4) is 0 Å². The number of ether oxygens (including phenoxy) is 4. The molecule has 0 radical (unpaired) electrons. The third-order valence-corrected chi connectivity index (χ3v) is 14.1. The Morgan fingerprint density at radius 2 is 0.960 bits per heavy atom. The molecule has 0 saturated carbocycles. The highest BCUT2D eigenvalue weighted by Gasteiger charge is 2.39. The summed E-state index contributed by atoms with van der Waals surface area (Å²) < 4.78 is 68.5. The van der Waals surface area contributed by atoms with Crippen LogP contribution in [0.4, 0.5) is 25.1 Å². The summed E-state index contributed by atoms with van der Waals surface area (Å²) in [5.74, 6) is 2.83. The largest absolute Gasteiger partial charge is 0.493 e. The molecule has 2 aromatic heterocycles. The first-order valence-electron chi connectivity index (χ1n) is 25.9. The molecule has 6 aromatic carbocycles. The average Bonchev–Trinajstić information content (AvgIpc) is 3.44. The van der Waals surface area contributed by atoms with E-state index in [0.717, 1.165) is 40.7 Å². The fourth-order valence-electron chi connectivity index (χ4n) is 10.4. The third kappa shape index (κ3) is 11.4. The number of anilines is 2. The van der Waals surface area contributed by atoms with Crippen molar-refractivity contribution in [2.45, 2.75) is 64.7 Å². The number of fused-ring (bicyclic) bond motifs is 2. The minimum Gasteiger partial charge on any atom is -0.493 e. The first kappa shape index (κ1) is 51.0. The van der Waals surface area contributed by atoms with Crippen molar-refractivity contribution in [3.63, 3.8) is 0 Å². The van der Waals surface area contributed by atoms with Gasteiger partial charge in [0.05, 0.1) is 55.3 Å². The Bertz CT molecular complexity index is 3240. The van der Waals surface area contributed by atoms with Gasteiger partial charge in [-0.25, -0.2) is 43.1 Å². The van der Waals surface area contributed by atoms with Gasteiger partial charge >= 0.3 is 0 Å². The number of hydrazine groups is 1. The Morgan fingerprint density at radius 1 is 0.533 bits per heavy atom. The molecule has 2 aliphatic heterocycles. The number of hydrogen-bond acceptors (Lipinski definition) is 12. The van der Waals surface area contributed by atoms with Gasteiger partial charge in [-0.05, 0) is 103 Å². The lowest BCUT2D eigenvalue weighted by atomic mass is 10.0. The Kier molecular flexibility index (Phi) is 15.9. The van der Waals surface area contributed by atoms with Crippen LogP contribution < -0.4 is 29.0 Å². The normalized spacial score (nSPS) is 14.9. The molecule has 0 bridgehead atoms. The highest BCUT2D eigenvalue weighted by Crippen LogP contribution is 2.39. The van der Waals surface area contributed by atoms with Gasteiger partial charge in [-0.3, -0.25) is 9.80 Å². The fourth-order valence-corrected chi connectivity index (χ4v) is 10.4. The van der Waals surface area contributed by atoms with Gasteiger partial charge in [0.15, 0.2) is 23.0 Å². The van der Waals surface area contributed by atoms with Gasteiger partial charge in [0, 0.05) is 61.2 Å². The summed E-state index contributed by atoms with van der Waals surface area (Å²) in [6.45, 7) is 8.40. The summed E-state index contributed by atoms with van der Waals surface area (Å²) in [5, 5.41) is 5.81. The van der Waals surface area contributed by atoms with Gasteiger partial charge in [-0.1, -0.05) is 86.6 Å². The summed E-state index contributed by atoms with van der Waals surface area (Å²) in [6.07, 6.45) is 2.81. The van der Waals surface area contributed by atoms with Crippen molar-refractivity contribution in [3.05, 3.63) is 156 Å². The van der Waals surface area contributed by atoms with Crippen LogP contribution in [0.15, 0.2) is 133 Å². The zero-order chi connectivity index (χ0) is 51.8. The SMILES string of the molecule is COc1ccc(CN2CCC(N(c3nc(-c4ccccc4F)c4ccccc4n3)N(c3nc(-c4ccccc4F)c4ccccc4n3)C3CCN(Cc4ccc(OC)c(OCC(C)C)c4)CC3)CC2)cc1OCCF. The number of likely N-dealkylation sites (tertiary alicyclic amines) is 2. The number of benzene rings is 6. The van der Waals surface area contributed by atoms with Crippen LogP contribution in [0.1, 0.15) is 50.7 Å². The Balaban J connectivity index is 1.07. The highest BCUT2D eigenvalue weighted by molar-refractivity contribution is 5.95. The van der Waals surface area contributed by atoms with E-state index in [0.29, 0.717) is 127 Å². The summed E-state index contributed by atoms with van der Waals surface area (Å²) in [7, 11) is 3.24. The first-order chi connectivity index (χ1) is 36.7. The monoisotopic (exact) mass is 1020 g/mol. The van der Waals surface area contributed by atoms with Crippen molar-refractivity contribution in [3.8, 4) is 45.5 Å². The Labute approximate surface area is 436 Å². The molecule has 8 aromatic rings. The van der Waals surface area contributed by atoms with E-state index in [2.05, 4.69) is 45.8 Å². The van der Waals surface area contributed by atoms with Crippen LogP contribution >= 0.6 is 0 Å². The van der Waals surface area contributed by atoms with Crippen LogP contribution in [-0.2, 0) is 13.1 Å². The fraction of sp³-hybridized carbons (Fsp3) is 0.333. The maximum absolute atomic E-state index is 16.1. The van der Waals surface area contributed by atoms with Crippen molar-refractivity contribution in [1.29, 1.82) is 0 Å². The van der Waals surface area contributed by atoms with Gasteiger partial charge in [0.2, 0.25) is 11.9 Å². The quantitative estimate of drug-likeness (QED) is 0.0721. The van der Waals surface area contributed by atoms with Gasteiger partial charge in [0.25, 0.3) is 0 Å². The molecular weight excluding hydrogens is 954 g/mol. The molecular formula is C60H63F3N8O4. The molecule has 12 nitrogen and oxygen atoms in total. The first-order valence-corrected chi connectivity index (χ1v) is 25.9. The number of nitrogens with zero attached hydrogens (tertiary/aromatic N) is 8. The van der Waals surface area contributed by atoms with Gasteiger partial charge in [-0.15, -0.1) is 0 Å². The molecule has 10 rings (SSSR count). The predicted molar refractivity (Wildman–Crippen MR) is 289 cm³/mol. The molecule has 2 aliphatic rings. The zero-order valence-electron chi connectivity index (χ0n) is 43.0. The second-order valence-electron chi connectivity index (χ2n) is 19.7. The molecule has 0 atom stereocenters. The molecule has 2 saturated heterocycles. The van der Waals surface area contributed by atoms with Crippen molar-refractivity contribution < 1.29 is 32.1 Å². The number of alkyl halides is 1. The Hall–Kier alpha value is -7.49. The molecule has 15 heteroatoms. The van der Waals surface area contributed by atoms with Crippen molar-refractivity contribution >= 4 is 33.7 Å². The van der Waals surface area contributed by atoms with E-state index in [9.17, 15) is 4.39 Å². The average molecular weight is 1020 g/mol. The third-order valence-electron chi connectivity index (χ3n) is 14.1. The van der Waals surface area contributed by atoms with E-state index in [1.54, 1.807) is 38.5 Å². The van der Waals surface area contributed by atoms with Gasteiger partial charge in [-0.2, -0.15) is 0 Å². The number of methoxy groups -OCH3 is 2. The van der Waals surface area contributed by atoms with Crippen molar-refractivity contribution in [2.24, 2.45) is 5.92 Å². The molecule has 75 heavy (non-hydrogen) atoms. The molecule has 2 fully saturated rings. The molecule has 4 heterocycles. The number of halogens is 3. The summed E-state index contributed by atoms with van der Waals surface area (Å²) >= 11 is 0. The predicted octanol–water partition coefficient (Wildman–Crippen LogP) is 12.1. The Morgan fingerprint density at radius 3 is 1.39 bits per heavy atom. The minimum absolute atomic E-state index is 0.0632. The van der Waals surface area contributed by atoms with Crippen LogP contribution in [0, 0.1) is 17.6 Å². The number of para-hydroxylation sites is 2. The van der Waals surface area contributed by atoms with Crippen LogP contribution in [0.5, 0.6) is 23.0 Å². The standard InChI is InChI=1S/C60H63F3N8O4/c1-40(2)39-75-56-36-42(22-24-54(56)73-4)38-69-32-27-44(28-33-69)71(60-65-52-20-12-8-16-48(52)58(67-60)46-14-6-10-18-50(46)63)70(59-64-51-19-11-7-15-47(51)57(66-59)45-13-5-9-17-49(45)62)43-25-30-68(31-26-43)37-41-21-23-53(72-3)55(35-41)74-34-29-61/h5-24,35-36,40,43-44H,25-34,37-39H2,1-4H3. The van der Waals surface area contributed by atoms with Gasteiger partial charge < -0.3 is 18.9 Å². The summed E-state index contributed by atoms with van der Waals surface area (Å²) in [4.78, 5) is 26.3. The second kappa shape index (κ2) is 23.4. The van der Waals surface area contributed by atoms with E-state index in [4.69, 9.17) is 38.9 Å². The van der Waals surface area contributed by atoms with Crippen LogP contribution in [0.25, 0.3) is 44.3 Å². The van der Waals surface area contributed by atoms with E-state index in [1.807, 2.05) is 84.9 Å². The molecule has 0 spiro atoms. The summed E-state index contributed by atoms with van der Waals surface area (Å²) in [5.41, 5.74) is 5.12. The minimum atomic E-state index is -0.607. The van der Waals surface area contributed by atoms with E-state index in [1.165, 1.54) is 12.1 Å². The maximum atomic E-state index is 16.1. The van der Waals surface area contributed by atoms with Crippen LogP contribution in [-0.4, -0.2) is 102 Å². The summed E-state index contributed by atoms with van der Waals surface area (Å²) in [6, 6.07) is 40.5. The van der Waals surface area contributed by atoms with E-state index < -0.39 is 18.3 Å². The lowest BCUT2D eigenvalue weighted by Gasteiger charge is -2.48. The molecule has 0 amide bonds. The molecule has 0 aliphatic carbocycles. The number of rotatable bonds is 19. The van der Waals surface area contributed by atoms with Crippen molar-refractivity contribution in [2.75, 3.05) is 70.3 Å². The van der Waals surface area contributed by atoms with Gasteiger partial charge in [0.1, 0.15) is 24.9 Å². The topological polar surface area (TPSA) is 101 Å². The molecule has 0 N–H and O–H groups in total. The molecule has 0 unspecified atom stereocenters. The molecule has 388 valence electrons. The lowest BCUT2D eigenvalue weighted by Crippen LogP contribution is -2.60. The number of aromatic nitrogens is 4. The smallest absolute Gasteiger partial charge is 0.246 e. The van der Waals surface area contributed by atoms with E-state index in [-0.39, 0.29) is 18.7 Å². The second-order valence-corrected chi connectivity index (χ2v) is 19.7. The maximum Gasteiger partial charge on any atom is 0.246 e. The van der Waals surface area contributed by atoms with E-state index >= 15 is 8.78 Å². The highest BCUT2D eigenvalue weighted by atomic mass is 19.1. The lowest BCUT2D eigenvalue weighted by molar-refractivity contribution is 0.182. The van der Waals surface area contributed by atoms with Crippen molar-refractivity contribution in [1.82, 2.24) is 29.7 Å². The number of piperidine rings is 2. The van der Waals surface area contributed by atoms with Crippen LogP contribution in [0.2, 0.25) is 0 Å².